The van der Waals surface area contributed by atoms with E-state index in [1.807, 2.05) is 0 Å². The van der Waals surface area contributed by atoms with Gasteiger partial charge in [0.1, 0.15) is 0 Å². The molecule has 1 aromatic rings. The molecule has 1 saturated heterocycles. The SMILES string of the molecule is CCNCc1ccc(N2CCCCCC2CO)c(C)c1. The summed E-state index contributed by atoms with van der Waals surface area (Å²) in [6, 6.07) is 7.01. The van der Waals surface area contributed by atoms with Gasteiger partial charge in [0, 0.05) is 18.8 Å². The number of nitrogens with one attached hydrogen (secondary N) is 1. The fraction of sp³-hybridized carbons (Fsp3) is 0.647. The van der Waals surface area contributed by atoms with Crippen molar-refractivity contribution < 1.29 is 5.11 Å². The second kappa shape index (κ2) is 7.65. The van der Waals surface area contributed by atoms with Gasteiger partial charge in [0.05, 0.1) is 12.6 Å². The molecule has 0 aliphatic carbocycles. The molecular formula is C17H28N2O. The van der Waals surface area contributed by atoms with Crippen LogP contribution in [0.15, 0.2) is 18.2 Å². The van der Waals surface area contributed by atoms with Gasteiger partial charge in [-0.3, -0.25) is 0 Å². The monoisotopic (exact) mass is 276 g/mol. The Hall–Kier alpha value is -1.06. The van der Waals surface area contributed by atoms with Crippen molar-refractivity contribution in [3.8, 4) is 0 Å². The normalized spacial score (nSPS) is 19.9. The Bertz CT molecular complexity index is 419. The molecule has 0 bridgehead atoms. The molecule has 1 aliphatic heterocycles. The van der Waals surface area contributed by atoms with Crippen LogP contribution in [0.1, 0.15) is 43.7 Å². The molecule has 0 saturated carbocycles. The fourth-order valence-corrected chi connectivity index (χ4v) is 3.10. The molecule has 0 aromatic heterocycles. The van der Waals surface area contributed by atoms with Crippen molar-refractivity contribution in [2.24, 2.45) is 0 Å². The van der Waals surface area contributed by atoms with Gasteiger partial charge in [-0.2, -0.15) is 0 Å². The van der Waals surface area contributed by atoms with Crippen LogP contribution < -0.4 is 10.2 Å². The van der Waals surface area contributed by atoms with Crippen LogP contribution in [0.25, 0.3) is 0 Å². The van der Waals surface area contributed by atoms with E-state index in [2.05, 4.69) is 42.3 Å². The minimum atomic E-state index is 0.262. The number of benzene rings is 1. The summed E-state index contributed by atoms with van der Waals surface area (Å²) in [6.07, 6.45) is 4.86. The van der Waals surface area contributed by atoms with E-state index in [9.17, 15) is 5.11 Å². The molecule has 1 atom stereocenters. The molecule has 1 unspecified atom stereocenters. The Kier molecular flexibility index (Phi) is 5.86. The Morgan fingerprint density at radius 3 is 2.85 bits per heavy atom. The lowest BCUT2D eigenvalue weighted by molar-refractivity contribution is 0.255. The van der Waals surface area contributed by atoms with Crippen molar-refractivity contribution in [3.05, 3.63) is 29.3 Å². The van der Waals surface area contributed by atoms with Crippen molar-refractivity contribution in [2.45, 2.75) is 52.1 Å². The number of anilines is 1. The lowest BCUT2D eigenvalue weighted by Gasteiger charge is -2.32. The first kappa shape index (κ1) is 15.3. The molecule has 2 rings (SSSR count). The van der Waals surface area contributed by atoms with Gasteiger partial charge in [-0.05, 0) is 43.5 Å². The molecule has 20 heavy (non-hydrogen) atoms. The number of nitrogens with zero attached hydrogens (tertiary/aromatic N) is 1. The molecule has 0 radical (unpaired) electrons. The minimum absolute atomic E-state index is 0.262. The van der Waals surface area contributed by atoms with Crippen LogP contribution in [-0.4, -0.2) is 30.8 Å². The number of aryl methyl sites for hydroxylation is 1. The van der Waals surface area contributed by atoms with Crippen LogP contribution in [0, 0.1) is 6.92 Å². The molecule has 0 spiro atoms. The van der Waals surface area contributed by atoms with E-state index >= 15 is 0 Å². The number of aliphatic hydroxyl groups excluding tert-OH is 1. The molecule has 1 aliphatic rings. The minimum Gasteiger partial charge on any atom is -0.394 e. The molecule has 1 fully saturated rings. The van der Waals surface area contributed by atoms with Crippen LogP contribution in [0.4, 0.5) is 5.69 Å². The highest BCUT2D eigenvalue weighted by Crippen LogP contribution is 2.27. The summed E-state index contributed by atoms with van der Waals surface area (Å²) in [5.74, 6) is 0. The third-order valence-corrected chi connectivity index (χ3v) is 4.24. The topological polar surface area (TPSA) is 35.5 Å². The zero-order chi connectivity index (χ0) is 14.4. The molecular weight excluding hydrogens is 248 g/mol. The van der Waals surface area contributed by atoms with Crippen LogP contribution in [0.2, 0.25) is 0 Å². The highest BCUT2D eigenvalue weighted by molar-refractivity contribution is 5.55. The van der Waals surface area contributed by atoms with Gasteiger partial charge in [-0.25, -0.2) is 0 Å². The van der Waals surface area contributed by atoms with Gasteiger partial charge in [-0.1, -0.05) is 31.9 Å². The number of hydrogen-bond donors (Lipinski definition) is 2. The summed E-state index contributed by atoms with van der Waals surface area (Å²) in [7, 11) is 0. The Balaban J connectivity index is 2.17. The summed E-state index contributed by atoms with van der Waals surface area (Å²) < 4.78 is 0. The Morgan fingerprint density at radius 2 is 2.15 bits per heavy atom. The summed E-state index contributed by atoms with van der Waals surface area (Å²) in [5, 5.41) is 13.0. The highest BCUT2D eigenvalue weighted by atomic mass is 16.3. The van der Waals surface area contributed by atoms with Crippen molar-refractivity contribution in [2.75, 3.05) is 24.6 Å². The molecule has 3 heteroatoms. The fourth-order valence-electron chi connectivity index (χ4n) is 3.10. The van der Waals surface area contributed by atoms with Gasteiger partial charge >= 0.3 is 0 Å². The largest absolute Gasteiger partial charge is 0.394 e. The van der Waals surface area contributed by atoms with E-state index in [1.54, 1.807) is 0 Å². The zero-order valence-corrected chi connectivity index (χ0v) is 12.9. The van der Waals surface area contributed by atoms with Crippen LogP contribution in [-0.2, 0) is 6.54 Å². The summed E-state index contributed by atoms with van der Waals surface area (Å²) in [4.78, 5) is 2.42. The first-order chi connectivity index (χ1) is 9.76. The van der Waals surface area contributed by atoms with Gasteiger partial charge in [0.25, 0.3) is 0 Å². The summed E-state index contributed by atoms with van der Waals surface area (Å²) >= 11 is 0. The van der Waals surface area contributed by atoms with E-state index in [0.717, 1.165) is 26.1 Å². The first-order valence-corrected chi connectivity index (χ1v) is 7.94. The summed E-state index contributed by atoms with van der Waals surface area (Å²) in [5.41, 5.74) is 3.95. The average molecular weight is 276 g/mol. The Morgan fingerprint density at radius 1 is 1.30 bits per heavy atom. The maximum absolute atomic E-state index is 9.66. The second-order valence-corrected chi connectivity index (χ2v) is 5.78. The van der Waals surface area contributed by atoms with Gasteiger partial charge in [0.15, 0.2) is 0 Å². The van der Waals surface area contributed by atoms with E-state index < -0.39 is 0 Å². The average Bonchev–Trinajstić information content (AvgIpc) is 2.70. The van der Waals surface area contributed by atoms with Gasteiger partial charge in [-0.15, -0.1) is 0 Å². The number of hydrogen-bond acceptors (Lipinski definition) is 3. The second-order valence-electron chi connectivity index (χ2n) is 5.78. The lowest BCUT2D eigenvalue weighted by Crippen LogP contribution is -2.38. The number of rotatable bonds is 5. The quantitative estimate of drug-likeness (QED) is 0.868. The Labute approximate surface area is 123 Å². The highest BCUT2D eigenvalue weighted by Gasteiger charge is 2.21. The smallest absolute Gasteiger partial charge is 0.0635 e. The van der Waals surface area contributed by atoms with Crippen LogP contribution in [0.5, 0.6) is 0 Å². The third kappa shape index (κ3) is 3.74. The van der Waals surface area contributed by atoms with Gasteiger partial charge < -0.3 is 15.3 Å². The number of aliphatic hydroxyl groups is 1. The summed E-state index contributed by atoms with van der Waals surface area (Å²) in [6.45, 7) is 7.58. The van der Waals surface area contributed by atoms with Crippen molar-refractivity contribution in [1.82, 2.24) is 5.32 Å². The van der Waals surface area contributed by atoms with Crippen molar-refractivity contribution in [1.29, 1.82) is 0 Å². The van der Waals surface area contributed by atoms with E-state index in [1.165, 1.54) is 36.1 Å². The molecule has 3 nitrogen and oxygen atoms in total. The zero-order valence-electron chi connectivity index (χ0n) is 12.9. The van der Waals surface area contributed by atoms with E-state index in [0.29, 0.717) is 0 Å². The van der Waals surface area contributed by atoms with E-state index in [4.69, 9.17) is 0 Å². The van der Waals surface area contributed by atoms with Crippen LogP contribution in [0.3, 0.4) is 0 Å². The molecule has 112 valence electrons. The molecule has 0 amide bonds. The molecule has 2 N–H and O–H groups in total. The van der Waals surface area contributed by atoms with Crippen LogP contribution >= 0.6 is 0 Å². The molecule has 1 aromatic carbocycles. The first-order valence-electron chi connectivity index (χ1n) is 7.94. The third-order valence-electron chi connectivity index (χ3n) is 4.24. The van der Waals surface area contributed by atoms with E-state index in [-0.39, 0.29) is 12.6 Å². The van der Waals surface area contributed by atoms with Gasteiger partial charge in [0.2, 0.25) is 0 Å². The predicted octanol–water partition coefficient (Wildman–Crippen LogP) is 2.85. The maximum Gasteiger partial charge on any atom is 0.0635 e. The standard InChI is InChI=1S/C17H28N2O/c1-3-18-12-15-8-9-17(14(2)11-15)19-10-6-4-5-7-16(19)13-20/h8-9,11,16,18,20H,3-7,10,12-13H2,1-2H3. The van der Waals surface area contributed by atoms with Crippen molar-refractivity contribution >= 4 is 5.69 Å². The lowest BCUT2D eigenvalue weighted by atomic mass is 10.1. The maximum atomic E-state index is 9.66. The predicted molar refractivity (Wildman–Crippen MR) is 85.2 cm³/mol. The van der Waals surface area contributed by atoms with Crippen molar-refractivity contribution in [3.63, 3.8) is 0 Å². The molecule has 1 heterocycles.